The van der Waals surface area contributed by atoms with E-state index in [1.165, 1.54) is 65.5 Å². The molecule has 2 aromatic heterocycles. The number of hydrogen-bond acceptors (Lipinski definition) is 1. The summed E-state index contributed by atoms with van der Waals surface area (Å²) in [6.07, 6.45) is 0. The maximum Gasteiger partial charge on any atom is 0.146 e. The molecule has 0 unspecified atom stereocenters. The number of imidazole rings is 1. The molecular formula is C39H24N2. The van der Waals surface area contributed by atoms with Gasteiger partial charge >= 0.3 is 0 Å². The maximum atomic E-state index is 5.11. The summed E-state index contributed by atoms with van der Waals surface area (Å²) in [6, 6.07) is 52.7. The Morgan fingerprint density at radius 3 is 1.98 bits per heavy atom. The van der Waals surface area contributed by atoms with E-state index in [9.17, 15) is 0 Å². The van der Waals surface area contributed by atoms with Gasteiger partial charge in [0, 0.05) is 16.2 Å². The monoisotopic (exact) mass is 520 g/mol. The summed E-state index contributed by atoms with van der Waals surface area (Å²) < 4.78 is 2.33. The Morgan fingerprint density at radius 2 is 1.07 bits per heavy atom. The van der Waals surface area contributed by atoms with Gasteiger partial charge in [-0.05, 0) is 86.3 Å². The van der Waals surface area contributed by atoms with Crippen molar-refractivity contribution in [2.75, 3.05) is 0 Å². The number of nitrogens with zero attached hydrogens (tertiary/aromatic N) is 2. The van der Waals surface area contributed by atoms with E-state index in [0.717, 1.165) is 16.7 Å². The van der Waals surface area contributed by atoms with Gasteiger partial charge in [0.2, 0.25) is 0 Å². The summed E-state index contributed by atoms with van der Waals surface area (Å²) in [5.74, 6) is 0. The van der Waals surface area contributed by atoms with Crippen LogP contribution in [-0.2, 0) is 0 Å². The lowest BCUT2D eigenvalue weighted by Gasteiger charge is -2.14. The Hall–Kier alpha value is -5.47. The van der Waals surface area contributed by atoms with Crippen LogP contribution in [0, 0.1) is 0 Å². The van der Waals surface area contributed by atoms with E-state index in [4.69, 9.17) is 4.98 Å². The fourth-order valence-electron chi connectivity index (χ4n) is 6.56. The summed E-state index contributed by atoms with van der Waals surface area (Å²) >= 11 is 0. The van der Waals surface area contributed by atoms with E-state index in [1.807, 2.05) is 0 Å². The fraction of sp³-hybridized carbons (Fsp3) is 0. The molecule has 0 aliphatic carbocycles. The molecule has 0 saturated heterocycles. The molecule has 41 heavy (non-hydrogen) atoms. The van der Waals surface area contributed by atoms with Crippen molar-refractivity contribution in [2.24, 2.45) is 0 Å². The second kappa shape index (κ2) is 8.51. The predicted molar refractivity (Wildman–Crippen MR) is 174 cm³/mol. The van der Waals surface area contributed by atoms with Gasteiger partial charge in [-0.1, -0.05) is 103 Å². The molecule has 9 rings (SSSR count). The van der Waals surface area contributed by atoms with Gasteiger partial charge in [0.15, 0.2) is 0 Å². The van der Waals surface area contributed by atoms with Crippen molar-refractivity contribution in [3.8, 4) is 22.3 Å². The first-order valence-electron chi connectivity index (χ1n) is 14.1. The van der Waals surface area contributed by atoms with Crippen LogP contribution >= 0.6 is 0 Å². The normalized spacial score (nSPS) is 11.9. The van der Waals surface area contributed by atoms with Crippen LogP contribution in [-0.4, -0.2) is 9.38 Å². The molecule has 0 radical (unpaired) electrons. The molecule has 2 nitrogen and oxygen atoms in total. The standard InChI is InChI=1S/C39H24N2/c1-2-10-27-22-30(17-16-25(27)8-1)28-11-7-12-29(23-28)31-19-21-36-34(24-31)38-32-13-4-3-9-26(32)18-20-33(38)39-40-35-14-5-6-15-37(35)41(36)39/h1-24H. The molecular weight excluding hydrogens is 496 g/mol. The van der Waals surface area contributed by atoms with Crippen LogP contribution in [0.2, 0.25) is 0 Å². The van der Waals surface area contributed by atoms with Gasteiger partial charge in [0.1, 0.15) is 5.65 Å². The van der Waals surface area contributed by atoms with Crippen molar-refractivity contribution < 1.29 is 0 Å². The van der Waals surface area contributed by atoms with Crippen molar-refractivity contribution in [2.45, 2.75) is 0 Å². The van der Waals surface area contributed by atoms with Crippen LogP contribution in [0.4, 0.5) is 0 Å². The Kier molecular flexibility index (Phi) is 4.64. The highest BCUT2D eigenvalue weighted by Gasteiger charge is 2.16. The molecule has 2 heteroatoms. The SMILES string of the molecule is c1cc(-c2ccc3ccccc3c2)cc(-c2ccc3c(c2)c2c4ccccc4ccc2c2nc4ccccc4n32)c1. The van der Waals surface area contributed by atoms with E-state index in [-0.39, 0.29) is 0 Å². The summed E-state index contributed by atoms with van der Waals surface area (Å²) in [5, 5.41) is 8.69. The van der Waals surface area contributed by atoms with E-state index in [2.05, 4.69) is 150 Å². The maximum absolute atomic E-state index is 5.11. The first kappa shape index (κ1) is 22.4. The molecule has 2 heterocycles. The largest absolute Gasteiger partial charge is 0.292 e. The lowest BCUT2D eigenvalue weighted by atomic mass is 9.94. The molecule has 9 aromatic rings. The van der Waals surface area contributed by atoms with Crippen molar-refractivity contribution in [3.63, 3.8) is 0 Å². The van der Waals surface area contributed by atoms with Crippen LogP contribution in [0.3, 0.4) is 0 Å². The van der Waals surface area contributed by atoms with Gasteiger partial charge in [-0.25, -0.2) is 4.98 Å². The van der Waals surface area contributed by atoms with Crippen molar-refractivity contribution >= 4 is 59.9 Å². The van der Waals surface area contributed by atoms with E-state index < -0.39 is 0 Å². The number of hydrogen-bond donors (Lipinski definition) is 0. The minimum absolute atomic E-state index is 1.01. The number of fused-ring (bicyclic) bond motifs is 11. The first-order valence-corrected chi connectivity index (χ1v) is 14.1. The summed E-state index contributed by atoms with van der Waals surface area (Å²) in [4.78, 5) is 5.11. The third kappa shape index (κ3) is 3.34. The molecule has 0 saturated carbocycles. The van der Waals surface area contributed by atoms with Gasteiger partial charge in [0.05, 0.1) is 16.6 Å². The first-order chi connectivity index (χ1) is 20.3. The number of aromatic nitrogens is 2. The lowest BCUT2D eigenvalue weighted by Crippen LogP contribution is -1.93. The molecule has 190 valence electrons. The van der Waals surface area contributed by atoms with Crippen molar-refractivity contribution in [3.05, 3.63) is 146 Å². The second-order valence-electron chi connectivity index (χ2n) is 10.8. The smallest absolute Gasteiger partial charge is 0.146 e. The number of pyridine rings is 1. The van der Waals surface area contributed by atoms with E-state index in [0.29, 0.717) is 0 Å². The van der Waals surface area contributed by atoms with Gasteiger partial charge in [-0.3, -0.25) is 4.40 Å². The number of rotatable bonds is 2. The average molecular weight is 521 g/mol. The van der Waals surface area contributed by atoms with E-state index >= 15 is 0 Å². The zero-order chi connectivity index (χ0) is 26.9. The highest BCUT2D eigenvalue weighted by atomic mass is 15.0. The highest BCUT2D eigenvalue weighted by molar-refractivity contribution is 6.24. The van der Waals surface area contributed by atoms with Crippen LogP contribution in [0.15, 0.2) is 146 Å². The molecule has 0 amide bonds. The third-order valence-corrected chi connectivity index (χ3v) is 8.52. The fourth-order valence-corrected chi connectivity index (χ4v) is 6.56. The average Bonchev–Trinajstić information content (AvgIpc) is 3.44. The highest BCUT2D eigenvalue weighted by Crippen LogP contribution is 2.39. The zero-order valence-electron chi connectivity index (χ0n) is 22.3. The Morgan fingerprint density at radius 1 is 0.390 bits per heavy atom. The van der Waals surface area contributed by atoms with Gasteiger partial charge in [-0.15, -0.1) is 0 Å². The third-order valence-electron chi connectivity index (χ3n) is 8.52. The predicted octanol–water partition coefficient (Wildman–Crippen LogP) is 10.4. The molecule has 0 bridgehead atoms. The number of benzene rings is 7. The van der Waals surface area contributed by atoms with Crippen LogP contribution in [0.25, 0.3) is 82.2 Å². The molecule has 0 aliphatic heterocycles. The van der Waals surface area contributed by atoms with E-state index in [1.54, 1.807) is 0 Å². The Bertz CT molecular complexity index is 2480. The summed E-state index contributed by atoms with van der Waals surface area (Å²) in [7, 11) is 0. The quantitative estimate of drug-likeness (QED) is 0.207. The minimum atomic E-state index is 1.01. The van der Waals surface area contributed by atoms with Gasteiger partial charge in [0.25, 0.3) is 0 Å². The molecule has 0 atom stereocenters. The van der Waals surface area contributed by atoms with Crippen LogP contribution < -0.4 is 0 Å². The van der Waals surface area contributed by atoms with Crippen molar-refractivity contribution in [1.82, 2.24) is 9.38 Å². The molecule has 7 aromatic carbocycles. The molecule has 0 N–H and O–H groups in total. The van der Waals surface area contributed by atoms with Crippen LogP contribution in [0.5, 0.6) is 0 Å². The number of para-hydroxylation sites is 2. The summed E-state index contributed by atoms with van der Waals surface area (Å²) in [5.41, 5.74) is 9.20. The molecule has 0 spiro atoms. The second-order valence-corrected chi connectivity index (χ2v) is 10.8. The zero-order valence-corrected chi connectivity index (χ0v) is 22.3. The summed E-state index contributed by atoms with van der Waals surface area (Å²) in [6.45, 7) is 0. The van der Waals surface area contributed by atoms with Crippen molar-refractivity contribution in [1.29, 1.82) is 0 Å². The Labute approximate surface area is 236 Å². The molecule has 0 aliphatic rings. The lowest BCUT2D eigenvalue weighted by molar-refractivity contribution is 1.32. The minimum Gasteiger partial charge on any atom is -0.292 e. The van der Waals surface area contributed by atoms with Gasteiger partial charge in [-0.2, -0.15) is 0 Å². The van der Waals surface area contributed by atoms with Crippen LogP contribution in [0.1, 0.15) is 0 Å². The topological polar surface area (TPSA) is 17.3 Å². The van der Waals surface area contributed by atoms with Gasteiger partial charge < -0.3 is 0 Å². The molecule has 0 fully saturated rings. The Balaban J connectivity index is 1.33.